The van der Waals surface area contributed by atoms with Crippen molar-refractivity contribution in [2.45, 2.75) is 32.5 Å². The van der Waals surface area contributed by atoms with Gasteiger partial charge in [-0.15, -0.1) is 0 Å². The van der Waals surface area contributed by atoms with Crippen molar-refractivity contribution in [3.05, 3.63) is 29.8 Å². The van der Waals surface area contributed by atoms with Gasteiger partial charge in [-0.05, 0) is 45.0 Å². The van der Waals surface area contributed by atoms with E-state index in [1.807, 2.05) is 13.8 Å². The van der Waals surface area contributed by atoms with E-state index in [9.17, 15) is 13.2 Å². The second kappa shape index (κ2) is 6.36. The minimum atomic E-state index is -3.81. The van der Waals surface area contributed by atoms with Crippen LogP contribution in [0.4, 0.5) is 0 Å². The van der Waals surface area contributed by atoms with Crippen LogP contribution >= 0.6 is 0 Å². The maximum absolute atomic E-state index is 12.1. The molecule has 0 aliphatic carbocycles. The van der Waals surface area contributed by atoms with Crippen molar-refractivity contribution in [2.24, 2.45) is 0 Å². The van der Waals surface area contributed by atoms with Crippen LogP contribution in [0.1, 0.15) is 31.1 Å². The van der Waals surface area contributed by atoms with Gasteiger partial charge in [0.1, 0.15) is 11.5 Å². The van der Waals surface area contributed by atoms with Gasteiger partial charge in [0.15, 0.2) is 5.78 Å². The minimum absolute atomic E-state index is 0.0932. The molecule has 1 fully saturated rings. The zero-order valence-electron chi connectivity index (χ0n) is 12.9. The Morgan fingerprint density at radius 1 is 1.32 bits per heavy atom. The molecule has 0 aromatic heterocycles. The molecule has 0 amide bonds. The smallest absolute Gasteiger partial charge is 0.311 e. The molecule has 22 heavy (non-hydrogen) atoms. The summed E-state index contributed by atoms with van der Waals surface area (Å²) >= 11 is 0. The molecule has 2 rings (SSSR count). The summed E-state index contributed by atoms with van der Waals surface area (Å²) < 4.78 is 40.2. The van der Waals surface area contributed by atoms with Crippen molar-refractivity contribution >= 4 is 15.9 Å². The van der Waals surface area contributed by atoms with E-state index in [0.717, 1.165) is 0 Å². The molecule has 6 nitrogen and oxygen atoms in total. The first-order chi connectivity index (χ1) is 10.2. The molecular weight excluding hydrogens is 308 g/mol. The van der Waals surface area contributed by atoms with E-state index in [1.165, 1.54) is 31.2 Å². The van der Waals surface area contributed by atoms with Gasteiger partial charge in [-0.2, -0.15) is 8.42 Å². The third kappa shape index (κ3) is 4.79. The molecule has 0 saturated carbocycles. The van der Waals surface area contributed by atoms with Gasteiger partial charge in [0.05, 0.1) is 24.9 Å². The summed E-state index contributed by atoms with van der Waals surface area (Å²) in [5, 5.41) is 0. The first kappa shape index (κ1) is 16.9. The predicted octanol–water partition coefficient (Wildman–Crippen LogP) is 1.79. The molecule has 122 valence electrons. The van der Waals surface area contributed by atoms with Crippen molar-refractivity contribution in [3.63, 3.8) is 0 Å². The van der Waals surface area contributed by atoms with Crippen LogP contribution in [-0.4, -0.2) is 44.9 Å². The van der Waals surface area contributed by atoms with Crippen molar-refractivity contribution in [1.82, 2.24) is 0 Å². The van der Waals surface area contributed by atoms with Gasteiger partial charge in [-0.3, -0.25) is 4.79 Å². The van der Waals surface area contributed by atoms with Gasteiger partial charge in [-0.1, -0.05) is 0 Å². The molecule has 1 aliphatic rings. The van der Waals surface area contributed by atoms with Gasteiger partial charge in [0.2, 0.25) is 0 Å². The summed E-state index contributed by atoms with van der Waals surface area (Å²) in [7, 11) is -3.81. The lowest BCUT2D eigenvalue weighted by molar-refractivity contribution is -0.174. The largest absolute Gasteiger partial charge is 0.382 e. The second-order valence-corrected chi connectivity index (χ2v) is 7.52. The molecular formula is C15H20O6S. The topological polar surface area (TPSA) is 78.9 Å². The van der Waals surface area contributed by atoms with Gasteiger partial charge in [-0.25, -0.2) is 0 Å². The number of ketones is 1. The van der Waals surface area contributed by atoms with Crippen LogP contribution in [0.2, 0.25) is 0 Å². The van der Waals surface area contributed by atoms with E-state index in [1.54, 1.807) is 0 Å². The van der Waals surface area contributed by atoms with Crippen LogP contribution in [0.5, 0.6) is 5.75 Å². The number of carbonyl (C=O) groups excluding carboxylic acids is 1. The lowest BCUT2D eigenvalue weighted by Crippen LogP contribution is -2.46. The summed E-state index contributed by atoms with van der Waals surface area (Å²) in [6.07, 6.45) is -0.565. The first-order valence-corrected chi connectivity index (χ1v) is 8.53. The highest BCUT2D eigenvalue weighted by atomic mass is 32.2. The van der Waals surface area contributed by atoms with Crippen LogP contribution < -0.4 is 4.18 Å². The summed E-state index contributed by atoms with van der Waals surface area (Å²) in [4.78, 5) is 11.2. The van der Waals surface area contributed by atoms with Crippen LogP contribution in [0.3, 0.4) is 0 Å². The summed E-state index contributed by atoms with van der Waals surface area (Å²) in [5.41, 5.74) is -0.0165. The van der Waals surface area contributed by atoms with Gasteiger partial charge >= 0.3 is 10.1 Å². The zero-order chi connectivity index (χ0) is 16.4. The molecule has 1 atom stereocenters. The fraction of sp³-hybridized carbons (Fsp3) is 0.533. The second-order valence-electron chi connectivity index (χ2n) is 5.90. The molecule has 7 heteroatoms. The molecule has 0 spiro atoms. The molecule has 0 radical (unpaired) electrons. The Kier molecular flexibility index (Phi) is 4.89. The van der Waals surface area contributed by atoms with Crippen LogP contribution in [0.15, 0.2) is 24.3 Å². The Bertz CT molecular complexity index is 633. The van der Waals surface area contributed by atoms with E-state index in [-0.39, 0.29) is 23.9 Å². The molecule has 1 heterocycles. The number of hydrogen-bond donors (Lipinski definition) is 0. The summed E-state index contributed by atoms with van der Waals surface area (Å²) in [5.74, 6) is -0.212. The Hall–Kier alpha value is -1.44. The predicted molar refractivity (Wildman–Crippen MR) is 80.6 cm³/mol. The molecule has 1 aromatic rings. The average Bonchev–Trinajstić information content (AvgIpc) is 2.36. The van der Waals surface area contributed by atoms with E-state index in [2.05, 4.69) is 0 Å². The third-order valence-electron chi connectivity index (χ3n) is 3.11. The highest BCUT2D eigenvalue weighted by Crippen LogP contribution is 2.21. The molecule has 1 aliphatic heterocycles. The highest BCUT2D eigenvalue weighted by Gasteiger charge is 2.33. The van der Waals surface area contributed by atoms with Crippen molar-refractivity contribution in [3.8, 4) is 5.75 Å². The lowest BCUT2D eigenvalue weighted by atomic mass is 10.1. The van der Waals surface area contributed by atoms with Crippen molar-refractivity contribution < 1.29 is 26.9 Å². The average molecular weight is 328 g/mol. The van der Waals surface area contributed by atoms with E-state index in [4.69, 9.17) is 13.7 Å². The van der Waals surface area contributed by atoms with E-state index in [0.29, 0.717) is 12.2 Å². The Morgan fingerprint density at radius 2 is 1.95 bits per heavy atom. The fourth-order valence-electron chi connectivity index (χ4n) is 2.19. The zero-order valence-corrected chi connectivity index (χ0v) is 13.7. The first-order valence-electron chi connectivity index (χ1n) is 6.96. The third-order valence-corrected chi connectivity index (χ3v) is 4.34. The van der Waals surface area contributed by atoms with Crippen molar-refractivity contribution in [1.29, 1.82) is 0 Å². The number of rotatable bonds is 5. The van der Waals surface area contributed by atoms with Crippen LogP contribution in [-0.2, 0) is 19.6 Å². The minimum Gasteiger partial charge on any atom is -0.382 e. The van der Waals surface area contributed by atoms with Crippen LogP contribution in [0.25, 0.3) is 0 Å². The van der Waals surface area contributed by atoms with E-state index < -0.39 is 21.8 Å². The van der Waals surface area contributed by atoms with Gasteiger partial charge < -0.3 is 13.7 Å². The molecule has 0 N–H and O–H groups in total. The van der Waals surface area contributed by atoms with Crippen molar-refractivity contribution in [2.75, 3.05) is 19.0 Å². The molecule has 1 aromatic carbocycles. The monoisotopic (exact) mass is 328 g/mol. The molecule has 1 unspecified atom stereocenters. The number of hydrogen-bond acceptors (Lipinski definition) is 6. The van der Waals surface area contributed by atoms with Crippen LogP contribution in [0, 0.1) is 0 Å². The maximum Gasteiger partial charge on any atom is 0.311 e. The molecule has 1 saturated heterocycles. The Morgan fingerprint density at radius 3 is 2.50 bits per heavy atom. The fourth-order valence-corrected chi connectivity index (χ4v) is 3.28. The SMILES string of the molecule is CC(=O)c1ccc(OS(=O)(=O)CC2COCC(C)(C)O2)cc1. The quantitative estimate of drug-likeness (QED) is 0.606. The van der Waals surface area contributed by atoms with Gasteiger partial charge in [0, 0.05) is 5.56 Å². The maximum atomic E-state index is 12.1. The number of carbonyl (C=O) groups is 1. The summed E-state index contributed by atoms with van der Waals surface area (Å²) in [6, 6.07) is 5.96. The lowest BCUT2D eigenvalue weighted by Gasteiger charge is -2.35. The normalized spacial score (nSPS) is 21.3. The Balaban J connectivity index is 2.00. The van der Waals surface area contributed by atoms with E-state index >= 15 is 0 Å². The standard InChI is InChI=1S/C15H20O6S/c1-11(16)12-4-6-13(7-5-12)21-22(17,18)9-14-8-19-10-15(2,3)20-14/h4-7,14H,8-10H2,1-3H3. The van der Waals surface area contributed by atoms with Gasteiger partial charge in [0.25, 0.3) is 0 Å². The summed E-state index contributed by atoms with van der Waals surface area (Å²) in [6.45, 7) is 5.77. The highest BCUT2D eigenvalue weighted by molar-refractivity contribution is 7.87. The number of Topliss-reactive ketones (excluding diaryl/α,β-unsaturated/α-hetero) is 1. The number of ether oxygens (including phenoxy) is 2. The molecule has 0 bridgehead atoms. The number of benzene rings is 1. The Labute approximate surface area is 130 Å².